The van der Waals surface area contributed by atoms with E-state index in [1.807, 2.05) is 18.4 Å². The number of hydrogen-bond acceptors (Lipinski definition) is 4. The average Bonchev–Trinajstić information content (AvgIpc) is 2.90. The number of methoxy groups -OCH3 is 1. The molecule has 0 bridgehead atoms. The van der Waals surface area contributed by atoms with Crippen molar-refractivity contribution in [2.45, 2.75) is 6.92 Å². The van der Waals surface area contributed by atoms with Crippen molar-refractivity contribution in [3.8, 4) is 5.75 Å². The smallest absolute Gasteiger partial charge is 0.280 e. The van der Waals surface area contributed by atoms with Crippen molar-refractivity contribution >= 4 is 34.8 Å². The number of ether oxygens (including phenoxy) is 1. The number of hydrogen-bond donors (Lipinski definition) is 2. The van der Waals surface area contributed by atoms with E-state index in [-0.39, 0.29) is 11.5 Å². The molecule has 0 aliphatic carbocycles. The van der Waals surface area contributed by atoms with Crippen molar-refractivity contribution in [3.05, 3.63) is 50.7 Å². The van der Waals surface area contributed by atoms with E-state index in [9.17, 15) is 9.59 Å². The minimum atomic E-state index is -0.480. The van der Waals surface area contributed by atoms with Gasteiger partial charge in [-0.1, -0.05) is 11.6 Å². The van der Waals surface area contributed by atoms with Crippen LogP contribution < -0.4 is 15.6 Å². The molecule has 0 saturated carbocycles. The molecular formula is C14H13ClN2O3S. The predicted molar refractivity (Wildman–Crippen MR) is 82.0 cm³/mol. The van der Waals surface area contributed by atoms with E-state index in [1.165, 1.54) is 30.6 Å². The van der Waals surface area contributed by atoms with Gasteiger partial charge in [-0.2, -0.15) is 0 Å². The van der Waals surface area contributed by atoms with E-state index in [2.05, 4.69) is 10.9 Å². The molecule has 0 radical (unpaired) electrons. The Labute approximate surface area is 130 Å². The largest absolute Gasteiger partial charge is 0.496 e. The fourth-order valence-electron chi connectivity index (χ4n) is 1.70. The van der Waals surface area contributed by atoms with Crippen LogP contribution in [0.2, 0.25) is 5.02 Å². The van der Waals surface area contributed by atoms with Crippen LogP contribution in [0.4, 0.5) is 0 Å². The molecule has 21 heavy (non-hydrogen) atoms. The summed E-state index contributed by atoms with van der Waals surface area (Å²) in [6.45, 7) is 1.83. The summed E-state index contributed by atoms with van der Waals surface area (Å²) < 4.78 is 5.09. The quantitative estimate of drug-likeness (QED) is 0.853. The van der Waals surface area contributed by atoms with E-state index in [0.29, 0.717) is 15.6 Å². The molecule has 2 amide bonds. The maximum atomic E-state index is 12.0. The van der Waals surface area contributed by atoms with Crippen molar-refractivity contribution in [3.63, 3.8) is 0 Å². The van der Waals surface area contributed by atoms with Crippen LogP contribution in [0.25, 0.3) is 0 Å². The second kappa shape index (κ2) is 6.60. The third-order valence-corrected chi connectivity index (χ3v) is 4.02. The third kappa shape index (κ3) is 3.53. The molecule has 0 spiro atoms. The molecule has 7 heteroatoms. The van der Waals surface area contributed by atoms with Crippen LogP contribution in [-0.2, 0) is 0 Å². The second-order valence-electron chi connectivity index (χ2n) is 4.19. The molecule has 2 N–H and O–H groups in total. The number of thiophene rings is 1. The molecular weight excluding hydrogens is 312 g/mol. The van der Waals surface area contributed by atoms with Crippen LogP contribution in [-0.4, -0.2) is 18.9 Å². The fourth-order valence-corrected chi connectivity index (χ4v) is 2.68. The topological polar surface area (TPSA) is 67.4 Å². The normalized spacial score (nSPS) is 10.0. The lowest BCUT2D eigenvalue weighted by atomic mass is 10.2. The number of rotatable bonds is 3. The zero-order valence-corrected chi connectivity index (χ0v) is 13.0. The van der Waals surface area contributed by atoms with Crippen molar-refractivity contribution in [1.29, 1.82) is 0 Å². The highest BCUT2D eigenvalue weighted by molar-refractivity contribution is 7.12. The number of halogens is 1. The zero-order chi connectivity index (χ0) is 15.4. The molecule has 0 unspecified atom stereocenters. The highest BCUT2D eigenvalue weighted by Crippen LogP contribution is 2.22. The molecule has 1 aromatic carbocycles. The zero-order valence-electron chi connectivity index (χ0n) is 11.4. The summed E-state index contributed by atoms with van der Waals surface area (Å²) in [5.41, 5.74) is 5.87. The highest BCUT2D eigenvalue weighted by Gasteiger charge is 2.15. The molecule has 0 aliphatic rings. The van der Waals surface area contributed by atoms with Gasteiger partial charge in [0, 0.05) is 5.02 Å². The second-order valence-corrected chi connectivity index (χ2v) is 5.54. The Balaban J connectivity index is 2.06. The summed E-state index contributed by atoms with van der Waals surface area (Å²) in [7, 11) is 1.44. The molecule has 110 valence electrons. The first-order valence-electron chi connectivity index (χ1n) is 6.01. The molecule has 1 aromatic heterocycles. The number of amides is 2. The lowest BCUT2D eigenvalue weighted by molar-refractivity contribution is 0.0846. The van der Waals surface area contributed by atoms with E-state index < -0.39 is 5.91 Å². The van der Waals surface area contributed by atoms with Crippen molar-refractivity contribution in [2.24, 2.45) is 0 Å². The van der Waals surface area contributed by atoms with Crippen molar-refractivity contribution in [2.75, 3.05) is 7.11 Å². The van der Waals surface area contributed by atoms with Gasteiger partial charge in [-0.05, 0) is 42.1 Å². The van der Waals surface area contributed by atoms with Gasteiger partial charge in [0.25, 0.3) is 11.8 Å². The summed E-state index contributed by atoms with van der Waals surface area (Å²) >= 11 is 7.14. The van der Waals surface area contributed by atoms with Gasteiger partial charge in [0.05, 0.1) is 17.6 Å². The maximum absolute atomic E-state index is 12.0. The Morgan fingerprint density at radius 1 is 1.19 bits per heavy atom. The van der Waals surface area contributed by atoms with Gasteiger partial charge in [0.15, 0.2) is 0 Å². The van der Waals surface area contributed by atoms with Crippen LogP contribution in [0.1, 0.15) is 25.6 Å². The first-order valence-corrected chi connectivity index (χ1v) is 7.27. The standard InChI is InChI=1S/C14H13ClN2O3S/c1-8-5-6-21-12(8)14(19)17-16-13(18)10-4-3-9(15)7-11(10)20-2/h3-7H,1-2H3,(H,16,18)(H,17,19). The van der Waals surface area contributed by atoms with E-state index >= 15 is 0 Å². The number of carbonyl (C=O) groups excluding carboxylic acids is 2. The lowest BCUT2D eigenvalue weighted by Gasteiger charge is -2.10. The summed E-state index contributed by atoms with van der Waals surface area (Å²) in [6.07, 6.45) is 0. The molecule has 1 heterocycles. The Morgan fingerprint density at radius 2 is 1.90 bits per heavy atom. The van der Waals surface area contributed by atoms with Gasteiger partial charge in [0.2, 0.25) is 0 Å². The van der Waals surface area contributed by atoms with Gasteiger partial charge < -0.3 is 4.74 Å². The number of carbonyl (C=O) groups is 2. The minimum absolute atomic E-state index is 0.283. The monoisotopic (exact) mass is 324 g/mol. The van der Waals surface area contributed by atoms with Crippen molar-refractivity contribution < 1.29 is 14.3 Å². The lowest BCUT2D eigenvalue weighted by Crippen LogP contribution is -2.41. The van der Waals surface area contributed by atoms with Gasteiger partial charge >= 0.3 is 0 Å². The number of benzene rings is 1. The summed E-state index contributed by atoms with van der Waals surface area (Å²) in [5, 5.41) is 2.27. The molecule has 2 aromatic rings. The Kier molecular flexibility index (Phi) is 4.82. The third-order valence-electron chi connectivity index (χ3n) is 2.77. The number of hydrazine groups is 1. The van der Waals surface area contributed by atoms with Crippen LogP contribution in [0.15, 0.2) is 29.6 Å². The van der Waals surface area contributed by atoms with E-state index in [0.717, 1.165) is 5.56 Å². The molecule has 2 rings (SSSR count). The van der Waals surface area contributed by atoms with Crippen LogP contribution in [0.3, 0.4) is 0 Å². The van der Waals surface area contributed by atoms with E-state index in [4.69, 9.17) is 16.3 Å². The number of nitrogens with one attached hydrogen (secondary N) is 2. The summed E-state index contributed by atoms with van der Waals surface area (Å²) in [6, 6.07) is 6.47. The summed E-state index contributed by atoms with van der Waals surface area (Å²) in [4.78, 5) is 24.5. The molecule has 0 atom stereocenters. The minimum Gasteiger partial charge on any atom is -0.496 e. The molecule has 0 aliphatic heterocycles. The SMILES string of the molecule is COc1cc(Cl)ccc1C(=O)NNC(=O)c1sccc1C. The Morgan fingerprint density at radius 3 is 2.52 bits per heavy atom. The highest BCUT2D eigenvalue weighted by atomic mass is 35.5. The van der Waals surface area contributed by atoms with Crippen LogP contribution in [0.5, 0.6) is 5.75 Å². The first kappa shape index (κ1) is 15.3. The Bertz CT molecular complexity index is 685. The predicted octanol–water partition coefficient (Wildman–Crippen LogP) is 2.79. The van der Waals surface area contributed by atoms with Crippen LogP contribution >= 0.6 is 22.9 Å². The van der Waals surface area contributed by atoms with Crippen molar-refractivity contribution in [1.82, 2.24) is 10.9 Å². The van der Waals surface area contributed by atoms with Crippen LogP contribution in [0, 0.1) is 6.92 Å². The van der Waals surface area contributed by atoms with Gasteiger partial charge in [-0.15, -0.1) is 11.3 Å². The van der Waals surface area contributed by atoms with Gasteiger partial charge in [0.1, 0.15) is 5.75 Å². The molecule has 5 nitrogen and oxygen atoms in total. The number of aryl methyl sites for hydroxylation is 1. The molecule has 0 saturated heterocycles. The van der Waals surface area contributed by atoms with E-state index in [1.54, 1.807) is 6.07 Å². The average molecular weight is 325 g/mol. The first-order chi connectivity index (χ1) is 10.0. The Hall–Kier alpha value is -2.05. The van der Waals surface area contributed by atoms with Gasteiger partial charge in [-0.25, -0.2) is 0 Å². The molecule has 0 fully saturated rings. The van der Waals surface area contributed by atoms with Gasteiger partial charge in [-0.3, -0.25) is 20.4 Å². The maximum Gasteiger partial charge on any atom is 0.280 e. The summed E-state index contributed by atoms with van der Waals surface area (Å²) in [5.74, 6) is -0.503. The fraction of sp³-hybridized carbons (Fsp3) is 0.143.